The first kappa shape index (κ1) is 21.0. The number of halogens is 1. The van der Waals surface area contributed by atoms with Crippen molar-refractivity contribution in [1.29, 1.82) is 0 Å². The van der Waals surface area contributed by atoms with Gasteiger partial charge in [0.15, 0.2) is 0 Å². The molecular weight excluding hydrogens is 411 g/mol. The standard InChI is InChI=1S/C24H21FN4O3/c1-32-19-12-6-16(7-13-19)14-29(24(31)26-18-10-8-17(25)9-11-18)15-22-27-21-5-3-2-4-20(21)23(30)28-22/h2-13H,14-15H2,1H3,(H,26,31)(H,27,28,30). The third-order valence-corrected chi connectivity index (χ3v) is 4.92. The van der Waals surface area contributed by atoms with Gasteiger partial charge in [-0.1, -0.05) is 24.3 Å². The second kappa shape index (κ2) is 9.30. The van der Waals surface area contributed by atoms with E-state index in [9.17, 15) is 14.0 Å². The zero-order chi connectivity index (χ0) is 22.5. The van der Waals surface area contributed by atoms with Crippen molar-refractivity contribution in [3.63, 3.8) is 0 Å². The Balaban J connectivity index is 1.62. The molecule has 2 amide bonds. The summed E-state index contributed by atoms with van der Waals surface area (Å²) in [4.78, 5) is 34.3. The number of H-pyrrole nitrogens is 1. The second-order valence-electron chi connectivity index (χ2n) is 7.17. The molecule has 0 aliphatic carbocycles. The lowest BCUT2D eigenvalue weighted by Crippen LogP contribution is -2.35. The van der Waals surface area contributed by atoms with Gasteiger partial charge in [0.25, 0.3) is 5.56 Å². The summed E-state index contributed by atoms with van der Waals surface area (Å²) in [6.45, 7) is 0.326. The van der Waals surface area contributed by atoms with Gasteiger partial charge in [-0.05, 0) is 54.1 Å². The quantitative estimate of drug-likeness (QED) is 0.475. The van der Waals surface area contributed by atoms with E-state index in [0.29, 0.717) is 28.2 Å². The summed E-state index contributed by atoms with van der Waals surface area (Å²) in [5.74, 6) is 0.670. The molecule has 162 valence electrons. The molecule has 0 bridgehead atoms. The molecule has 0 atom stereocenters. The third-order valence-electron chi connectivity index (χ3n) is 4.92. The van der Waals surface area contributed by atoms with Crippen LogP contribution in [0.2, 0.25) is 0 Å². The number of benzene rings is 3. The molecular formula is C24H21FN4O3. The minimum atomic E-state index is -0.414. The number of anilines is 1. The monoisotopic (exact) mass is 432 g/mol. The number of ether oxygens (including phenoxy) is 1. The number of carbonyl (C=O) groups is 1. The summed E-state index contributed by atoms with van der Waals surface area (Å²) in [7, 11) is 1.58. The van der Waals surface area contributed by atoms with Crippen LogP contribution in [-0.2, 0) is 13.1 Å². The molecule has 0 spiro atoms. The van der Waals surface area contributed by atoms with E-state index < -0.39 is 11.8 Å². The van der Waals surface area contributed by atoms with Gasteiger partial charge in [0.2, 0.25) is 0 Å². The fraction of sp³-hybridized carbons (Fsp3) is 0.125. The Morgan fingerprint density at radius 2 is 1.75 bits per heavy atom. The van der Waals surface area contributed by atoms with Gasteiger partial charge < -0.3 is 19.9 Å². The lowest BCUT2D eigenvalue weighted by Gasteiger charge is -2.23. The number of fused-ring (bicyclic) bond motifs is 1. The number of amides is 2. The molecule has 0 radical (unpaired) electrons. The van der Waals surface area contributed by atoms with Gasteiger partial charge in [0.1, 0.15) is 17.4 Å². The van der Waals surface area contributed by atoms with Crippen LogP contribution in [0.5, 0.6) is 5.75 Å². The van der Waals surface area contributed by atoms with Gasteiger partial charge in [-0.2, -0.15) is 0 Å². The van der Waals surface area contributed by atoms with Crippen molar-refractivity contribution in [3.8, 4) is 5.75 Å². The van der Waals surface area contributed by atoms with Crippen LogP contribution in [0.15, 0.2) is 77.6 Å². The number of para-hydroxylation sites is 1. The Bertz CT molecular complexity index is 1290. The summed E-state index contributed by atoms with van der Waals surface area (Å²) in [6.07, 6.45) is 0. The zero-order valence-electron chi connectivity index (χ0n) is 17.3. The highest BCUT2D eigenvalue weighted by molar-refractivity contribution is 5.89. The fourth-order valence-corrected chi connectivity index (χ4v) is 3.28. The normalized spacial score (nSPS) is 10.7. The maximum absolute atomic E-state index is 13.2. The molecule has 0 saturated heterocycles. The average molecular weight is 432 g/mol. The van der Waals surface area contributed by atoms with Crippen molar-refractivity contribution in [3.05, 3.63) is 100 Å². The van der Waals surface area contributed by atoms with E-state index in [1.807, 2.05) is 24.3 Å². The Morgan fingerprint density at radius 1 is 1.03 bits per heavy atom. The molecule has 8 heteroatoms. The van der Waals surface area contributed by atoms with E-state index in [-0.39, 0.29) is 18.6 Å². The third kappa shape index (κ3) is 4.92. The van der Waals surface area contributed by atoms with Gasteiger partial charge in [-0.25, -0.2) is 14.2 Å². The van der Waals surface area contributed by atoms with Crippen LogP contribution in [0, 0.1) is 5.82 Å². The predicted octanol–water partition coefficient (Wildman–Crippen LogP) is 4.31. The average Bonchev–Trinajstić information content (AvgIpc) is 2.80. The highest BCUT2D eigenvalue weighted by Crippen LogP contribution is 2.16. The Labute approximate surface area is 183 Å². The largest absolute Gasteiger partial charge is 0.497 e. The molecule has 32 heavy (non-hydrogen) atoms. The second-order valence-corrected chi connectivity index (χ2v) is 7.17. The molecule has 1 aromatic heterocycles. The molecule has 1 heterocycles. The number of urea groups is 1. The van der Waals surface area contributed by atoms with Crippen molar-refractivity contribution in [1.82, 2.24) is 14.9 Å². The minimum Gasteiger partial charge on any atom is -0.497 e. The maximum Gasteiger partial charge on any atom is 0.322 e. The van der Waals surface area contributed by atoms with Gasteiger partial charge in [-0.15, -0.1) is 0 Å². The molecule has 3 aromatic carbocycles. The number of nitrogens with zero attached hydrogens (tertiary/aromatic N) is 2. The number of rotatable bonds is 6. The van der Waals surface area contributed by atoms with Crippen LogP contribution in [0.25, 0.3) is 10.9 Å². The number of carbonyl (C=O) groups excluding carboxylic acids is 1. The highest BCUT2D eigenvalue weighted by atomic mass is 19.1. The van der Waals surface area contributed by atoms with Crippen molar-refractivity contribution in [2.75, 3.05) is 12.4 Å². The van der Waals surface area contributed by atoms with Gasteiger partial charge in [-0.3, -0.25) is 4.79 Å². The highest BCUT2D eigenvalue weighted by Gasteiger charge is 2.17. The number of aromatic nitrogens is 2. The lowest BCUT2D eigenvalue weighted by atomic mass is 10.2. The lowest BCUT2D eigenvalue weighted by molar-refractivity contribution is 0.205. The minimum absolute atomic E-state index is 0.0686. The summed E-state index contributed by atoms with van der Waals surface area (Å²) < 4.78 is 18.4. The maximum atomic E-state index is 13.2. The van der Waals surface area contributed by atoms with E-state index >= 15 is 0 Å². The van der Waals surface area contributed by atoms with Crippen molar-refractivity contribution in [2.45, 2.75) is 13.1 Å². The molecule has 2 N–H and O–H groups in total. The van der Waals surface area contributed by atoms with Crippen molar-refractivity contribution >= 4 is 22.6 Å². The molecule has 0 saturated carbocycles. The van der Waals surface area contributed by atoms with Crippen LogP contribution < -0.4 is 15.6 Å². The smallest absolute Gasteiger partial charge is 0.322 e. The molecule has 0 unspecified atom stereocenters. The van der Waals surface area contributed by atoms with Crippen LogP contribution >= 0.6 is 0 Å². The predicted molar refractivity (Wildman–Crippen MR) is 120 cm³/mol. The van der Waals surface area contributed by atoms with E-state index in [2.05, 4.69) is 15.3 Å². The molecule has 4 aromatic rings. The number of hydrogen-bond donors (Lipinski definition) is 2. The number of hydrogen-bond acceptors (Lipinski definition) is 4. The van der Waals surface area contributed by atoms with Gasteiger partial charge in [0.05, 0.1) is 24.6 Å². The first-order valence-corrected chi connectivity index (χ1v) is 9.94. The van der Waals surface area contributed by atoms with Crippen LogP contribution in [0.1, 0.15) is 11.4 Å². The number of aromatic amines is 1. The molecule has 0 aliphatic rings. The van der Waals surface area contributed by atoms with E-state index in [0.717, 1.165) is 5.56 Å². The van der Waals surface area contributed by atoms with E-state index in [4.69, 9.17) is 4.74 Å². The number of nitrogens with one attached hydrogen (secondary N) is 2. The Morgan fingerprint density at radius 3 is 2.47 bits per heavy atom. The van der Waals surface area contributed by atoms with Gasteiger partial charge >= 0.3 is 6.03 Å². The molecule has 0 fully saturated rings. The fourth-order valence-electron chi connectivity index (χ4n) is 3.28. The zero-order valence-corrected chi connectivity index (χ0v) is 17.3. The molecule has 4 rings (SSSR count). The van der Waals surface area contributed by atoms with Crippen LogP contribution in [0.4, 0.5) is 14.9 Å². The van der Waals surface area contributed by atoms with Crippen molar-refractivity contribution in [2.24, 2.45) is 0 Å². The summed E-state index contributed by atoms with van der Waals surface area (Å²) in [6, 6.07) is 19.4. The van der Waals surface area contributed by atoms with Crippen molar-refractivity contribution < 1.29 is 13.9 Å². The van der Waals surface area contributed by atoms with Crippen LogP contribution in [0.3, 0.4) is 0 Å². The summed E-state index contributed by atoms with van der Waals surface area (Å²) in [5.41, 5.74) is 1.60. The SMILES string of the molecule is COc1ccc(CN(Cc2nc3ccccc3c(=O)[nH]2)C(=O)Nc2ccc(F)cc2)cc1. The van der Waals surface area contributed by atoms with E-state index in [1.54, 1.807) is 31.4 Å². The first-order valence-electron chi connectivity index (χ1n) is 9.94. The Hall–Kier alpha value is -4.20. The summed E-state index contributed by atoms with van der Waals surface area (Å²) in [5, 5.41) is 3.24. The summed E-state index contributed by atoms with van der Waals surface area (Å²) >= 11 is 0. The first-order chi connectivity index (χ1) is 15.5. The number of methoxy groups -OCH3 is 1. The van der Waals surface area contributed by atoms with E-state index in [1.165, 1.54) is 29.2 Å². The topological polar surface area (TPSA) is 87.3 Å². The Kier molecular flexibility index (Phi) is 6.12. The van der Waals surface area contributed by atoms with Gasteiger partial charge in [0, 0.05) is 12.2 Å². The molecule has 7 nitrogen and oxygen atoms in total. The van der Waals surface area contributed by atoms with Crippen LogP contribution in [-0.4, -0.2) is 28.0 Å². The molecule has 0 aliphatic heterocycles.